The fourth-order valence-corrected chi connectivity index (χ4v) is 1.87. The van der Waals surface area contributed by atoms with Crippen molar-refractivity contribution in [1.29, 1.82) is 0 Å². The fraction of sp³-hybridized carbons (Fsp3) is 1.00. The maximum Gasteiger partial charge on any atom is 0.404 e. The van der Waals surface area contributed by atoms with Gasteiger partial charge in [0, 0.05) is 6.54 Å². The third-order valence-electron chi connectivity index (χ3n) is 2.57. The maximum atomic E-state index is 12.5. The number of rotatable bonds is 4. The number of nitrogens with zero attached hydrogens (tertiary/aromatic N) is 1. The van der Waals surface area contributed by atoms with Gasteiger partial charge in [-0.15, -0.1) is 0 Å². The van der Waals surface area contributed by atoms with Gasteiger partial charge in [-0.1, -0.05) is 0 Å². The van der Waals surface area contributed by atoms with Gasteiger partial charge < -0.3 is 4.74 Å². The van der Waals surface area contributed by atoms with Gasteiger partial charge in [-0.25, -0.2) is 0 Å². The summed E-state index contributed by atoms with van der Waals surface area (Å²) in [5.41, 5.74) is 0. The van der Waals surface area contributed by atoms with Crippen LogP contribution in [-0.4, -0.2) is 42.9 Å². The van der Waals surface area contributed by atoms with E-state index < -0.39 is 12.2 Å². The zero-order valence-electron chi connectivity index (χ0n) is 9.18. The van der Waals surface area contributed by atoms with Crippen LogP contribution in [0.2, 0.25) is 0 Å². The average Bonchev–Trinajstić information content (AvgIpc) is 2.50. The highest BCUT2D eigenvalue weighted by Gasteiger charge is 2.45. The molecule has 1 fully saturated rings. The Labute approximate surface area is 88.4 Å². The van der Waals surface area contributed by atoms with Gasteiger partial charge in [0.1, 0.15) is 6.04 Å². The molecule has 1 aliphatic rings. The molecule has 0 radical (unpaired) electrons. The van der Waals surface area contributed by atoms with Gasteiger partial charge in [0.05, 0.1) is 12.7 Å². The molecular formula is C10H18F3NO. The lowest BCUT2D eigenvalue weighted by Crippen LogP contribution is -2.42. The Hall–Kier alpha value is -0.290. The molecule has 90 valence electrons. The number of hydrogen-bond acceptors (Lipinski definition) is 2. The normalized spacial score (nSPS) is 24.0. The predicted octanol–water partition coefficient (Wildman–Crippen LogP) is 2.44. The molecule has 0 bridgehead atoms. The molecule has 2 nitrogen and oxygen atoms in total. The fourth-order valence-electron chi connectivity index (χ4n) is 1.87. The Morgan fingerprint density at radius 3 is 2.60 bits per heavy atom. The highest BCUT2D eigenvalue weighted by Crippen LogP contribution is 2.32. The Morgan fingerprint density at radius 2 is 2.07 bits per heavy atom. The zero-order valence-corrected chi connectivity index (χ0v) is 9.18. The van der Waals surface area contributed by atoms with Crippen molar-refractivity contribution in [2.75, 3.05) is 19.7 Å². The van der Waals surface area contributed by atoms with Gasteiger partial charge in [0.25, 0.3) is 0 Å². The second-order valence-electron chi connectivity index (χ2n) is 4.16. The van der Waals surface area contributed by atoms with Crippen molar-refractivity contribution in [3.63, 3.8) is 0 Å². The third-order valence-corrected chi connectivity index (χ3v) is 2.57. The minimum absolute atomic E-state index is 0.0805. The second-order valence-corrected chi connectivity index (χ2v) is 4.16. The molecule has 0 aromatic rings. The molecule has 0 aromatic heterocycles. The Bertz CT molecular complexity index is 194. The first-order valence-electron chi connectivity index (χ1n) is 5.33. The maximum absolute atomic E-state index is 12.5. The van der Waals surface area contributed by atoms with Crippen LogP contribution in [0.25, 0.3) is 0 Å². The van der Waals surface area contributed by atoms with Crippen LogP contribution in [0.15, 0.2) is 0 Å². The Morgan fingerprint density at radius 1 is 1.40 bits per heavy atom. The number of likely N-dealkylation sites (tertiary alicyclic amines) is 1. The number of hydrogen-bond donors (Lipinski definition) is 0. The summed E-state index contributed by atoms with van der Waals surface area (Å²) in [5, 5.41) is 0. The predicted molar refractivity (Wildman–Crippen MR) is 51.7 cm³/mol. The molecule has 0 N–H and O–H groups in total. The topological polar surface area (TPSA) is 12.5 Å². The van der Waals surface area contributed by atoms with Crippen molar-refractivity contribution in [1.82, 2.24) is 4.90 Å². The third kappa shape index (κ3) is 3.99. The quantitative estimate of drug-likeness (QED) is 0.728. The van der Waals surface area contributed by atoms with E-state index in [1.807, 2.05) is 13.8 Å². The minimum Gasteiger partial charge on any atom is -0.377 e. The van der Waals surface area contributed by atoms with Gasteiger partial charge in [-0.05, 0) is 33.2 Å². The minimum atomic E-state index is -4.09. The summed E-state index contributed by atoms with van der Waals surface area (Å²) in [6.45, 7) is 5.05. The highest BCUT2D eigenvalue weighted by atomic mass is 19.4. The molecule has 0 aliphatic carbocycles. The zero-order chi connectivity index (χ0) is 11.5. The summed E-state index contributed by atoms with van der Waals surface area (Å²) in [5.74, 6) is 0. The molecular weight excluding hydrogens is 207 g/mol. The van der Waals surface area contributed by atoms with Crippen LogP contribution < -0.4 is 0 Å². The van der Waals surface area contributed by atoms with Gasteiger partial charge in [-0.3, -0.25) is 4.90 Å². The van der Waals surface area contributed by atoms with E-state index in [0.717, 1.165) is 0 Å². The van der Waals surface area contributed by atoms with E-state index in [0.29, 0.717) is 26.1 Å². The summed E-state index contributed by atoms with van der Waals surface area (Å²) >= 11 is 0. The molecule has 0 spiro atoms. The standard InChI is InChI=1S/C10H18F3NO/c1-8(2)15-7-6-14-5-3-4-9(14)10(11,12)13/h8-9H,3-7H2,1-2H3. The van der Waals surface area contributed by atoms with Crippen LogP contribution in [-0.2, 0) is 4.74 Å². The first-order valence-corrected chi connectivity index (χ1v) is 5.33. The van der Waals surface area contributed by atoms with E-state index in [-0.39, 0.29) is 12.5 Å². The van der Waals surface area contributed by atoms with E-state index in [2.05, 4.69) is 0 Å². The molecule has 1 unspecified atom stereocenters. The van der Waals surface area contributed by atoms with E-state index in [4.69, 9.17) is 4.74 Å². The first kappa shape index (κ1) is 12.8. The van der Waals surface area contributed by atoms with Crippen molar-refractivity contribution in [2.45, 2.75) is 45.0 Å². The van der Waals surface area contributed by atoms with Crippen molar-refractivity contribution in [3.05, 3.63) is 0 Å². The first-order chi connectivity index (χ1) is 6.91. The number of ether oxygens (including phenoxy) is 1. The summed E-state index contributed by atoms with van der Waals surface area (Å²) < 4.78 is 42.8. The van der Waals surface area contributed by atoms with E-state index in [1.165, 1.54) is 4.90 Å². The Balaban J connectivity index is 2.34. The molecule has 5 heteroatoms. The summed E-state index contributed by atoms with van der Waals surface area (Å²) in [6.07, 6.45) is -3.15. The molecule has 0 amide bonds. The largest absolute Gasteiger partial charge is 0.404 e. The molecule has 1 saturated heterocycles. The van der Waals surface area contributed by atoms with Gasteiger partial charge in [0.2, 0.25) is 0 Å². The number of alkyl halides is 3. The van der Waals surface area contributed by atoms with Crippen LogP contribution in [0, 0.1) is 0 Å². The molecule has 1 aliphatic heterocycles. The van der Waals surface area contributed by atoms with Crippen LogP contribution in [0.3, 0.4) is 0 Å². The van der Waals surface area contributed by atoms with Gasteiger partial charge in [0.15, 0.2) is 0 Å². The van der Waals surface area contributed by atoms with Crippen LogP contribution in [0.1, 0.15) is 26.7 Å². The lowest BCUT2D eigenvalue weighted by Gasteiger charge is -2.26. The van der Waals surface area contributed by atoms with Crippen LogP contribution in [0.4, 0.5) is 13.2 Å². The van der Waals surface area contributed by atoms with E-state index in [9.17, 15) is 13.2 Å². The highest BCUT2D eigenvalue weighted by molar-refractivity contribution is 4.84. The molecule has 0 saturated carbocycles. The molecule has 0 aromatic carbocycles. The molecule has 1 rings (SSSR count). The van der Waals surface area contributed by atoms with Gasteiger partial charge in [-0.2, -0.15) is 13.2 Å². The van der Waals surface area contributed by atoms with Crippen molar-refractivity contribution in [2.24, 2.45) is 0 Å². The van der Waals surface area contributed by atoms with Crippen molar-refractivity contribution in [3.8, 4) is 0 Å². The average molecular weight is 225 g/mol. The van der Waals surface area contributed by atoms with Gasteiger partial charge >= 0.3 is 6.18 Å². The molecule has 15 heavy (non-hydrogen) atoms. The molecule has 1 heterocycles. The SMILES string of the molecule is CC(C)OCCN1CCCC1C(F)(F)F. The summed E-state index contributed by atoms with van der Waals surface area (Å²) in [6, 6.07) is -1.26. The molecule has 1 atom stereocenters. The summed E-state index contributed by atoms with van der Waals surface area (Å²) in [7, 11) is 0. The van der Waals surface area contributed by atoms with Crippen LogP contribution in [0.5, 0.6) is 0 Å². The number of halogens is 3. The summed E-state index contributed by atoms with van der Waals surface area (Å²) in [4.78, 5) is 1.47. The lowest BCUT2D eigenvalue weighted by atomic mass is 10.2. The van der Waals surface area contributed by atoms with Crippen molar-refractivity contribution >= 4 is 0 Å². The second kappa shape index (κ2) is 5.16. The van der Waals surface area contributed by atoms with Crippen molar-refractivity contribution < 1.29 is 17.9 Å². The smallest absolute Gasteiger partial charge is 0.377 e. The van der Waals surface area contributed by atoms with Crippen LogP contribution >= 0.6 is 0 Å². The monoisotopic (exact) mass is 225 g/mol. The lowest BCUT2D eigenvalue weighted by molar-refractivity contribution is -0.177. The van der Waals surface area contributed by atoms with E-state index >= 15 is 0 Å². The van der Waals surface area contributed by atoms with E-state index in [1.54, 1.807) is 0 Å². The Kier molecular flexibility index (Phi) is 4.40.